The molecule has 2 unspecified atom stereocenters. The van der Waals surface area contributed by atoms with Gasteiger partial charge in [0, 0.05) is 13.2 Å². The Kier molecular flexibility index (Phi) is 3.62. The Morgan fingerprint density at radius 3 is 2.77 bits per heavy atom. The number of hydrogen-bond donors (Lipinski definition) is 1. The number of rotatable bonds is 1. The highest BCUT2D eigenvalue weighted by atomic mass is 16.5. The van der Waals surface area contributed by atoms with Gasteiger partial charge in [-0.15, -0.1) is 0 Å². The Hall–Kier alpha value is -0.0800. The zero-order valence-corrected chi connectivity index (χ0v) is 8.43. The summed E-state index contributed by atoms with van der Waals surface area (Å²) in [5, 5.41) is 3.54. The van der Waals surface area contributed by atoms with Crippen LogP contribution in [0.4, 0.5) is 0 Å². The average Bonchev–Trinajstić information content (AvgIpc) is 2.47. The van der Waals surface area contributed by atoms with Gasteiger partial charge in [-0.25, -0.2) is 0 Å². The van der Waals surface area contributed by atoms with E-state index in [2.05, 4.69) is 5.32 Å². The second kappa shape index (κ2) is 4.97. The lowest BCUT2D eigenvalue weighted by molar-refractivity contribution is 0.0296. The molecule has 13 heavy (non-hydrogen) atoms. The van der Waals surface area contributed by atoms with Crippen molar-refractivity contribution in [3.05, 3.63) is 0 Å². The van der Waals surface area contributed by atoms with Gasteiger partial charge in [-0.05, 0) is 50.6 Å². The summed E-state index contributed by atoms with van der Waals surface area (Å²) in [6.07, 6.45) is 6.87. The fourth-order valence-electron chi connectivity index (χ4n) is 2.59. The fraction of sp³-hybridized carbons (Fsp3) is 1.00. The van der Waals surface area contributed by atoms with E-state index in [1.54, 1.807) is 0 Å². The SMILES string of the molecule is C1CCC(C2CCCOC2)CNC1. The normalized spacial score (nSPS) is 36.9. The molecular weight excluding hydrogens is 162 g/mol. The lowest BCUT2D eigenvalue weighted by Gasteiger charge is -2.29. The van der Waals surface area contributed by atoms with E-state index in [0.717, 1.165) is 25.0 Å². The third kappa shape index (κ3) is 2.68. The first-order chi connectivity index (χ1) is 6.47. The molecule has 0 spiro atoms. The van der Waals surface area contributed by atoms with Crippen molar-refractivity contribution in [2.75, 3.05) is 26.3 Å². The van der Waals surface area contributed by atoms with E-state index in [0.29, 0.717) is 0 Å². The monoisotopic (exact) mass is 183 g/mol. The summed E-state index contributed by atoms with van der Waals surface area (Å²) in [6, 6.07) is 0. The molecule has 0 bridgehead atoms. The van der Waals surface area contributed by atoms with E-state index in [1.807, 2.05) is 0 Å². The first-order valence-electron chi connectivity index (χ1n) is 5.75. The summed E-state index contributed by atoms with van der Waals surface area (Å²) >= 11 is 0. The second-order valence-corrected chi connectivity index (χ2v) is 4.44. The van der Waals surface area contributed by atoms with Crippen molar-refractivity contribution in [2.24, 2.45) is 11.8 Å². The highest BCUT2D eigenvalue weighted by Crippen LogP contribution is 2.27. The van der Waals surface area contributed by atoms with E-state index >= 15 is 0 Å². The molecule has 0 radical (unpaired) electrons. The Balaban J connectivity index is 1.82. The maximum Gasteiger partial charge on any atom is 0.0497 e. The molecule has 2 nitrogen and oxygen atoms in total. The van der Waals surface area contributed by atoms with Crippen LogP contribution in [-0.4, -0.2) is 26.3 Å². The van der Waals surface area contributed by atoms with Gasteiger partial charge in [-0.3, -0.25) is 0 Å². The van der Waals surface area contributed by atoms with Crippen LogP contribution < -0.4 is 5.32 Å². The molecule has 0 aromatic heterocycles. The van der Waals surface area contributed by atoms with Gasteiger partial charge in [0.25, 0.3) is 0 Å². The van der Waals surface area contributed by atoms with E-state index in [9.17, 15) is 0 Å². The molecule has 0 aromatic rings. The van der Waals surface area contributed by atoms with Crippen LogP contribution in [-0.2, 0) is 4.74 Å². The van der Waals surface area contributed by atoms with Gasteiger partial charge in [0.2, 0.25) is 0 Å². The van der Waals surface area contributed by atoms with Crippen molar-refractivity contribution < 1.29 is 4.74 Å². The Bertz CT molecular complexity index is 135. The molecule has 0 aromatic carbocycles. The molecule has 76 valence electrons. The summed E-state index contributed by atoms with van der Waals surface area (Å²) in [6.45, 7) is 4.47. The van der Waals surface area contributed by atoms with Gasteiger partial charge in [0.15, 0.2) is 0 Å². The van der Waals surface area contributed by atoms with Gasteiger partial charge >= 0.3 is 0 Å². The summed E-state index contributed by atoms with van der Waals surface area (Å²) < 4.78 is 5.55. The van der Waals surface area contributed by atoms with Crippen LogP contribution in [0.25, 0.3) is 0 Å². The summed E-state index contributed by atoms with van der Waals surface area (Å²) in [5.41, 5.74) is 0. The number of ether oxygens (including phenoxy) is 1. The quantitative estimate of drug-likeness (QED) is 0.669. The van der Waals surface area contributed by atoms with Crippen molar-refractivity contribution in [3.8, 4) is 0 Å². The lowest BCUT2D eigenvalue weighted by Crippen LogP contribution is -2.31. The summed E-state index contributed by atoms with van der Waals surface area (Å²) in [5.74, 6) is 1.74. The molecule has 2 heteroatoms. The average molecular weight is 183 g/mol. The molecule has 2 aliphatic rings. The van der Waals surface area contributed by atoms with Gasteiger partial charge in [-0.2, -0.15) is 0 Å². The van der Waals surface area contributed by atoms with Crippen LogP contribution in [0.3, 0.4) is 0 Å². The zero-order valence-electron chi connectivity index (χ0n) is 8.43. The topological polar surface area (TPSA) is 21.3 Å². The third-order valence-electron chi connectivity index (χ3n) is 3.45. The second-order valence-electron chi connectivity index (χ2n) is 4.44. The minimum absolute atomic E-state index is 0.847. The number of nitrogens with one attached hydrogen (secondary N) is 1. The molecule has 1 N–H and O–H groups in total. The van der Waals surface area contributed by atoms with Crippen molar-refractivity contribution in [2.45, 2.75) is 32.1 Å². The van der Waals surface area contributed by atoms with E-state index < -0.39 is 0 Å². The minimum Gasteiger partial charge on any atom is -0.381 e. The standard InChI is InChI=1S/C11H21NO/c1-2-6-12-8-10(4-1)11-5-3-7-13-9-11/h10-12H,1-9H2. The van der Waals surface area contributed by atoms with Crippen molar-refractivity contribution >= 4 is 0 Å². The Morgan fingerprint density at radius 2 is 1.92 bits per heavy atom. The molecule has 2 atom stereocenters. The van der Waals surface area contributed by atoms with Crippen LogP contribution in [0.1, 0.15) is 32.1 Å². The van der Waals surface area contributed by atoms with E-state index in [-0.39, 0.29) is 0 Å². The van der Waals surface area contributed by atoms with Crippen molar-refractivity contribution in [1.82, 2.24) is 5.32 Å². The molecule has 2 rings (SSSR count). The van der Waals surface area contributed by atoms with Crippen LogP contribution in [0.15, 0.2) is 0 Å². The third-order valence-corrected chi connectivity index (χ3v) is 3.45. The molecule has 2 fully saturated rings. The fourth-order valence-corrected chi connectivity index (χ4v) is 2.59. The van der Waals surface area contributed by atoms with Gasteiger partial charge in [0.1, 0.15) is 0 Å². The molecule has 0 amide bonds. The van der Waals surface area contributed by atoms with Crippen LogP contribution in [0.2, 0.25) is 0 Å². The van der Waals surface area contributed by atoms with Gasteiger partial charge < -0.3 is 10.1 Å². The highest BCUT2D eigenvalue weighted by molar-refractivity contribution is 4.76. The van der Waals surface area contributed by atoms with Gasteiger partial charge in [-0.1, -0.05) is 6.42 Å². The molecule has 0 saturated carbocycles. The molecular formula is C11H21NO. The largest absolute Gasteiger partial charge is 0.381 e. The number of hydrogen-bond acceptors (Lipinski definition) is 2. The first kappa shape index (κ1) is 9.47. The first-order valence-corrected chi connectivity index (χ1v) is 5.75. The van der Waals surface area contributed by atoms with Crippen LogP contribution >= 0.6 is 0 Å². The van der Waals surface area contributed by atoms with E-state index in [1.165, 1.54) is 45.2 Å². The van der Waals surface area contributed by atoms with Crippen LogP contribution in [0, 0.1) is 11.8 Å². The Labute approximate surface area is 81.0 Å². The highest BCUT2D eigenvalue weighted by Gasteiger charge is 2.24. The summed E-state index contributed by atoms with van der Waals surface area (Å²) in [7, 11) is 0. The van der Waals surface area contributed by atoms with E-state index in [4.69, 9.17) is 4.74 Å². The molecule has 2 heterocycles. The van der Waals surface area contributed by atoms with Gasteiger partial charge in [0.05, 0.1) is 0 Å². The predicted molar refractivity (Wildman–Crippen MR) is 53.8 cm³/mol. The maximum atomic E-state index is 5.55. The molecule has 2 saturated heterocycles. The van der Waals surface area contributed by atoms with Crippen LogP contribution in [0.5, 0.6) is 0 Å². The van der Waals surface area contributed by atoms with Crippen molar-refractivity contribution in [1.29, 1.82) is 0 Å². The minimum atomic E-state index is 0.847. The summed E-state index contributed by atoms with van der Waals surface area (Å²) in [4.78, 5) is 0. The smallest absolute Gasteiger partial charge is 0.0497 e. The molecule has 0 aliphatic carbocycles. The Morgan fingerprint density at radius 1 is 1.00 bits per heavy atom. The lowest BCUT2D eigenvalue weighted by atomic mass is 9.85. The van der Waals surface area contributed by atoms with Crippen molar-refractivity contribution in [3.63, 3.8) is 0 Å². The zero-order chi connectivity index (χ0) is 8.93. The molecule has 2 aliphatic heterocycles. The predicted octanol–water partition coefficient (Wildman–Crippen LogP) is 1.80. The maximum absolute atomic E-state index is 5.55.